The number of nitrogens with zero attached hydrogens (tertiary/aromatic N) is 3. The van der Waals surface area contributed by atoms with Gasteiger partial charge in [-0.3, -0.25) is 0 Å². The van der Waals surface area contributed by atoms with Crippen LogP contribution < -0.4 is 10.2 Å². The van der Waals surface area contributed by atoms with E-state index in [4.69, 9.17) is 16.6 Å². The van der Waals surface area contributed by atoms with Crippen LogP contribution in [0.1, 0.15) is 25.7 Å². The van der Waals surface area contributed by atoms with Gasteiger partial charge in [-0.1, -0.05) is 42.6 Å². The molecule has 4 rings (SSSR count). The summed E-state index contributed by atoms with van der Waals surface area (Å²) in [7, 11) is 0. The SMILES string of the molecule is Clc1cccc(Nc2nc(N3CCCCCC3)c3ccccc3n2)c1. The van der Waals surface area contributed by atoms with Crippen LogP contribution in [0.2, 0.25) is 5.02 Å². The molecule has 0 unspecified atom stereocenters. The van der Waals surface area contributed by atoms with Crippen LogP contribution in [0.5, 0.6) is 0 Å². The van der Waals surface area contributed by atoms with E-state index in [1.54, 1.807) is 0 Å². The van der Waals surface area contributed by atoms with Gasteiger partial charge in [0.25, 0.3) is 0 Å². The summed E-state index contributed by atoms with van der Waals surface area (Å²) in [5.41, 5.74) is 1.85. The summed E-state index contributed by atoms with van der Waals surface area (Å²) in [6, 6.07) is 15.8. The maximum absolute atomic E-state index is 6.09. The predicted octanol–water partition coefficient (Wildman–Crippen LogP) is 5.41. The molecule has 0 bridgehead atoms. The minimum absolute atomic E-state index is 0.611. The van der Waals surface area contributed by atoms with Crippen molar-refractivity contribution in [3.8, 4) is 0 Å². The van der Waals surface area contributed by atoms with Crippen molar-refractivity contribution in [3.63, 3.8) is 0 Å². The van der Waals surface area contributed by atoms with Crippen molar-refractivity contribution in [2.75, 3.05) is 23.3 Å². The molecule has 1 aliphatic rings. The summed E-state index contributed by atoms with van der Waals surface area (Å²) < 4.78 is 0. The van der Waals surface area contributed by atoms with Gasteiger partial charge in [0.05, 0.1) is 5.52 Å². The molecule has 4 nitrogen and oxygen atoms in total. The minimum Gasteiger partial charge on any atom is -0.356 e. The van der Waals surface area contributed by atoms with Crippen LogP contribution in [0.4, 0.5) is 17.5 Å². The lowest BCUT2D eigenvalue weighted by molar-refractivity contribution is 0.726. The van der Waals surface area contributed by atoms with Gasteiger partial charge < -0.3 is 10.2 Å². The van der Waals surface area contributed by atoms with Crippen molar-refractivity contribution in [2.45, 2.75) is 25.7 Å². The number of halogens is 1. The fraction of sp³-hybridized carbons (Fsp3) is 0.300. The van der Waals surface area contributed by atoms with Gasteiger partial charge in [0, 0.05) is 29.2 Å². The van der Waals surface area contributed by atoms with Gasteiger partial charge in [0.15, 0.2) is 0 Å². The van der Waals surface area contributed by atoms with Gasteiger partial charge in [-0.15, -0.1) is 0 Å². The molecular formula is C20H21ClN4. The second-order valence-electron chi connectivity index (χ2n) is 6.42. The largest absolute Gasteiger partial charge is 0.356 e. The molecule has 0 saturated carbocycles. The normalized spacial score (nSPS) is 15.2. The van der Waals surface area contributed by atoms with Gasteiger partial charge in [0.2, 0.25) is 5.95 Å². The van der Waals surface area contributed by atoms with Crippen LogP contribution >= 0.6 is 11.6 Å². The van der Waals surface area contributed by atoms with Crippen LogP contribution in [-0.2, 0) is 0 Å². The fourth-order valence-electron chi connectivity index (χ4n) is 3.33. The second-order valence-corrected chi connectivity index (χ2v) is 6.86. The Morgan fingerprint density at radius 1 is 0.880 bits per heavy atom. The number of rotatable bonds is 3. The fourth-order valence-corrected chi connectivity index (χ4v) is 3.52. The number of hydrogen-bond acceptors (Lipinski definition) is 4. The standard InChI is InChI=1S/C20H21ClN4/c21-15-8-7-9-16(14-15)22-20-23-18-11-4-3-10-17(18)19(24-20)25-12-5-1-2-6-13-25/h3-4,7-11,14H,1-2,5-6,12-13H2,(H,22,23,24). The highest BCUT2D eigenvalue weighted by Gasteiger charge is 2.16. The number of nitrogens with one attached hydrogen (secondary N) is 1. The molecule has 1 fully saturated rings. The Balaban J connectivity index is 1.75. The molecule has 0 atom stereocenters. The molecule has 2 heterocycles. The average molecular weight is 353 g/mol. The first-order chi connectivity index (χ1) is 12.3. The molecule has 1 aliphatic heterocycles. The number of benzene rings is 2. The van der Waals surface area contributed by atoms with E-state index in [-0.39, 0.29) is 0 Å². The van der Waals surface area contributed by atoms with Gasteiger partial charge in [-0.05, 0) is 43.2 Å². The van der Waals surface area contributed by atoms with E-state index in [0.29, 0.717) is 11.0 Å². The molecule has 0 radical (unpaired) electrons. The van der Waals surface area contributed by atoms with Crippen molar-refractivity contribution >= 4 is 40.0 Å². The van der Waals surface area contributed by atoms with E-state index in [1.807, 2.05) is 36.4 Å². The Bertz CT molecular complexity index is 872. The molecule has 25 heavy (non-hydrogen) atoms. The Labute approximate surface area is 152 Å². The summed E-state index contributed by atoms with van der Waals surface area (Å²) in [6.07, 6.45) is 5.03. The first kappa shape index (κ1) is 16.2. The summed E-state index contributed by atoms with van der Waals surface area (Å²) in [6.45, 7) is 2.11. The number of para-hydroxylation sites is 1. The van der Waals surface area contributed by atoms with E-state index in [9.17, 15) is 0 Å². The molecule has 5 heteroatoms. The maximum Gasteiger partial charge on any atom is 0.229 e. The highest BCUT2D eigenvalue weighted by atomic mass is 35.5. The Hall–Kier alpha value is -2.33. The van der Waals surface area contributed by atoms with E-state index in [2.05, 4.69) is 27.3 Å². The van der Waals surface area contributed by atoms with E-state index in [1.165, 1.54) is 25.7 Å². The summed E-state index contributed by atoms with van der Waals surface area (Å²) >= 11 is 6.09. The van der Waals surface area contributed by atoms with E-state index >= 15 is 0 Å². The summed E-state index contributed by atoms with van der Waals surface area (Å²) in [5.74, 6) is 1.64. The Morgan fingerprint density at radius 2 is 1.68 bits per heavy atom. The summed E-state index contributed by atoms with van der Waals surface area (Å²) in [4.78, 5) is 11.9. The van der Waals surface area contributed by atoms with Crippen LogP contribution in [0.3, 0.4) is 0 Å². The van der Waals surface area contributed by atoms with Crippen molar-refractivity contribution in [1.82, 2.24) is 9.97 Å². The molecule has 3 aromatic rings. The van der Waals surface area contributed by atoms with E-state index < -0.39 is 0 Å². The Kier molecular flexibility index (Phi) is 4.70. The summed E-state index contributed by atoms with van der Waals surface area (Å²) in [5, 5.41) is 5.10. The first-order valence-electron chi connectivity index (χ1n) is 8.84. The lowest BCUT2D eigenvalue weighted by Crippen LogP contribution is -2.25. The second kappa shape index (κ2) is 7.28. The first-order valence-corrected chi connectivity index (χ1v) is 9.22. The van der Waals surface area contributed by atoms with Crippen LogP contribution in [0.15, 0.2) is 48.5 Å². The van der Waals surface area contributed by atoms with Gasteiger partial charge in [0.1, 0.15) is 5.82 Å². The van der Waals surface area contributed by atoms with Crippen LogP contribution in [-0.4, -0.2) is 23.1 Å². The molecule has 1 N–H and O–H groups in total. The molecule has 0 amide bonds. The highest BCUT2D eigenvalue weighted by molar-refractivity contribution is 6.30. The highest BCUT2D eigenvalue weighted by Crippen LogP contribution is 2.28. The molecule has 0 aliphatic carbocycles. The van der Waals surface area contributed by atoms with Crippen LogP contribution in [0.25, 0.3) is 10.9 Å². The zero-order valence-electron chi connectivity index (χ0n) is 14.1. The number of anilines is 3. The molecule has 2 aromatic carbocycles. The number of fused-ring (bicyclic) bond motifs is 1. The third kappa shape index (κ3) is 3.69. The average Bonchev–Trinajstić information content (AvgIpc) is 2.90. The lowest BCUT2D eigenvalue weighted by Gasteiger charge is -2.23. The molecular weight excluding hydrogens is 332 g/mol. The Morgan fingerprint density at radius 3 is 2.48 bits per heavy atom. The number of hydrogen-bond donors (Lipinski definition) is 1. The van der Waals surface area contributed by atoms with Gasteiger partial charge >= 0.3 is 0 Å². The van der Waals surface area contributed by atoms with Crippen molar-refractivity contribution in [3.05, 3.63) is 53.6 Å². The predicted molar refractivity (Wildman–Crippen MR) is 105 cm³/mol. The third-order valence-corrected chi connectivity index (χ3v) is 4.80. The molecule has 1 aromatic heterocycles. The third-order valence-electron chi connectivity index (χ3n) is 4.57. The lowest BCUT2D eigenvalue weighted by atomic mass is 10.2. The minimum atomic E-state index is 0.611. The molecule has 128 valence electrons. The van der Waals surface area contributed by atoms with Gasteiger partial charge in [-0.25, -0.2) is 4.98 Å². The molecule has 1 saturated heterocycles. The van der Waals surface area contributed by atoms with Gasteiger partial charge in [-0.2, -0.15) is 4.98 Å². The smallest absolute Gasteiger partial charge is 0.229 e. The monoisotopic (exact) mass is 352 g/mol. The zero-order chi connectivity index (χ0) is 17.1. The van der Waals surface area contributed by atoms with Crippen molar-refractivity contribution in [2.24, 2.45) is 0 Å². The zero-order valence-corrected chi connectivity index (χ0v) is 14.8. The van der Waals surface area contributed by atoms with Crippen molar-refractivity contribution in [1.29, 1.82) is 0 Å². The van der Waals surface area contributed by atoms with E-state index in [0.717, 1.165) is 35.5 Å². The quantitative estimate of drug-likeness (QED) is 0.684. The molecule has 0 spiro atoms. The van der Waals surface area contributed by atoms with Crippen LogP contribution in [0, 0.1) is 0 Å². The maximum atomic E-state index is 6.09. The van der Waals surface area contributed by atoms with Crippen molar-refractivity contribution < 1.29 is 0 Å². The number of aromatic nitrogens is 2. The topological polar surface area (TPSA) is 41.1 Å².